The number of nitrogens with zero attached hydrogens (tertiary/aromatic N) is 2. The summed E-state index contributed by atoms with van der Waals surface area (Å²) in [5.74, 6) is 0.681. The lowest BCUT2D eigenvalue weighted by Gasteiger charge is -2.24. The van der Waals surface area contributed by atoms with Gasteiger partial charge in [-0.25, -0.2) is 0 Å². The van der Waals surface area contributed by atoms with Crippen molar-refractivity contribution in [2.24, 2.45) is 10.7 Å². The van der Waals surface area contributed by atoms with Gasteiger partial charge in [-0.15, -0.1) is 6.58 Å². The first kappa shape index (κ1) is 10.1. The highest BCUT2D eigenvalue weighted by atomic mass is 15.3. The molecule has 0 aromatic heterocycles. The van der Waals surface area contributed by atoms with Crippen LogP contribution in [0.5, 0.6) is 0 Å². The second-order valence-corrected chi connectivity index (χ2v) is 3.44. The quantitative estimate of drug-likeness (QED) is 0.651. The Morgan fingerprint density at radius 2 is 2.54 bits per heavy atom. The summed E-state index contributed by atoms with van der Waals surface area (Å²) in [6, 6.07) is 0.512. The number of unbranched alkanes of at least 4 members (excludes halogenated alkanes) is 1. The molecule has 1 atom stereocenters. The lowest BCUT2D eigenvalue weighted by Crippen LogP contribution is -2.40. The molecular weight excluding hydrogens is 162 g/mol. The van der Waals surface area contributed by atoms with Crippen LogP contribution in [0.25, 0.3) is 0 Å². The minimum absolute atomic E-state index is 0.512. The zero-order valence-electron chi connectivity index (χ0n) is 8.37. The predicted molar refractivity (Wildman–Crippen MR) is 56.7 cm³/mol. The van der Waals surface area contributed by atoms with Crippen molar-refractivity contribution in [3.63, 3.8) is 0 Å². The summed E-state index contributed by atoms with van der Waals surface area (Å²) in [5, 5.41) is 0. The molecule has 1 aliphatic heterocycles. The lowest BCUT2D eigenvalue weighted by atomic mass is 10.1. The molecule has 1 aliphatic rings. The molecule has 0 aromatic carbocycles. The summed E-state index contributed by atoms with van der Waals surface area (Å²) in [4.78, 5) is 6.38. The van der Waals surface area contributed by atoms with Crippen LogP contribution in [0.3, 0.4) is 0 Å². The lowest BCUT2D eigenvalue weighted by molar-refractivity contribution is 0.344. The monoisotopic (exact) mass is 181 g/mol. The highest BCUT2D eigenvalue weighted by Crippen LogP contribution is 2.14. The molecule has 0 spiro atoms. The van der Waals surface area contributed by atoms with Crippen LogP contribution in [0.1, 0.15) is 26.2 Å². The van der Waals surface area contributed by atoms with Crippen LogP contribution in [0.15, 0.2) is 17.6 Å². The maximum absolute atomic E-state index is 5.76. The fraction of sp³-hybridized carbons (Fsp3) is 0.700. The molecule has 0 fully saturated rings. The van der Waals surface area contributed by atoms with Gasteiger partial charge in [0.05, 0.1) is 12.6 Å². The molecule has 0 aromatic rings. The Bertz CT molecular complexity index is 198. The molecule has 0 bridgehead atoms. The van der Waals surface area contributed by atoms with E-state index in [0.717, 1.165) is 13.1 Å². The molecule has 2 N–H and O–H groups in total. The van der Waals surface area contributed by atoms with Gasteiger partial charge in [0, 0.05) is 6.54 Å². The maximum atomic E-state index is 5.76. The first-order chi connectivity index (χ1) is 6.29. The van der Waals surface area contributed by atoms with Crippen LogP contribution in [0.2, 0.25) is 0 Å². The third-order valence-corrected chi connectivity index (χ3v) is 2.42. The van der Waals surface area contributed by atoms with E-state index in [2.05, 4.69) is 23.4 Å². The van der Waals surface area contributed by atoms with Crippen molar-refractivity contribution >= 4 is 5.96 Å². The summed E-state index contributed by atoms with van der Waals surface area (Å²) in [7, 11) is 0. The third kappa shape index (κ3) is 2.47. The van der Waals surface area contributed by atoms with E-state index in [1.54, 1.807) is 0 Å². The molecule has 74 valence electrons. The number of nitrogens with two attached hydrogens (primary N) is 1. The van der Waals surface area contributed by atoms with Crippen LogP contribution >= 0.6 is 0 Å². The Kier molecular flexibility index (Phi) is 3.80. The van der Waals surface area contributed by atoms with Crippen molar-refractivity contribution < 1.29 is 0 Å². The normalized spacial score (nSPS) is 21.8. The largest absolute Gasteiger partial charge is 0.370 e. The molecule has 1 unspecified atom stereocenters. The average molecular weight is 181 g/mol. The number of guanidine groups is 1. The van der Waals surface area contributed by atoms with Crippen molar-refractivity contribution in [3.05, 3.63) is 12.7 Å². The molecule has 3 nitrogen and oxygen atoms in total. The van der Waals surface area contributed by atoms with Crippen molar-refractivity contribution in [1.82, 2.24) is 4.90 Å². The van der Waals surface area contributed by atoms with Gasteiger partial charge in [0.15, 0.2) is 5.96 Å². The average Bonchev–Trinajstić information content (AvgIpc) is 2.46. The zero-order chi connectivity index (χ0) is 9.68. The van der Waals surface area contributed by atoms with Crippen molar-refractivity contribution in [1.29, 1.82) is 0 Å². The second kappa shape index (κ2) is 4.90. The van der Waals surface area contributed by atoms with E-state index in [0.29, 0.717) is 12.0 Å². The molecule has 0 saturated carbocycles. The second-order valence-electron chi connectivity index (χ2n) is 3.44. The highest BCUT2D eigenvalue weighted by molar-refractivity contribution is 5.80. The number of aliphatic imine (C=N–C) groups is 1. The minimum atomic E-state index is 0.512. The molecule has 1 heterocycles. The van der Waals surface area contributed by atoms with Gasteiger partial charge >= 0.3 is 0 Å². The Balaban J connectivity index is 2.43. The molecule has 1 rings (SSSR count). The van der Waals surface area contributed by atoms with Crippen LogP contribution in [-0.2, 0) is 0 Å². The molecule has 3 heteroatoms. The topological polar surface area (TPSA) is 41.6 Å². The van der Waals surface area contributed by atoms with E-state index >= 15 is 0 Å². The summed E-state index contributed by atoms with van der Waals surface area (Å²) in [5.41, 5.74) is 5.76. The van der Waals surface area contributed by atoms with Crippen molar-refractivity contribution in [2.45, 2.75) is 32.2 Å². The first-order valence-corrected chi connectivity index (χ1v) is 4.97. The number of hydrogen-bond acceptors (Lipinski definition) is 3. The van der Waals surface area contributed by atoms with E-state index in [1.165, 1.54) is 19.3 Å². The van der Waals surface area contributed by atoms with E-state index in [4.69, 9.17) is 5.73 Å². The minimum Gasteiger partial charge on any atom is -0.370 e. The SMILES string of the molecule is C=CCN1C(N)=NCC1CCCC. The fourth-order valence-electron chi connectivity index (χ4n) is 1.64. The Morgan fingerprint density at radius 3 is 3.15 bits per heavy atom. The summed E-state index contributed by atoms with van der Waals surface area (Å²) in [6.45, 7) is 7.61. The van der Waals surface area contributed by atoms with E-state index in [-0.39, 0.29) is 0 Å². The third-order valence-electron chi connectivity index (χ3n) is 2.42. The number of rotatable bonds is 5. The molecule has 0 amide bonds. The van der Waals surface area contributed by atoms with E-state index in [9.17, 15) is 0 Å². The van der Waals surface area contributed by atoms with Crippen LogP contribution in [0, 0.1) is 0 Å². The van der Waals surface area contributed by atoms with Crippen molar-refractivity contribution in [2.75, 3.05) is 13.1 Å². The van der Waals surface area contributed by atoms with Gasteiger partial charge in [0.2, 0.25) is 0 Å². The highest BCUT2D eigenvalue weighted by Gasteiger charge is 2.23. The zero-order valence-corrected chi connectivity index (χ0v) is 8.37. The Morgan fingerprint density at radius 1 is 1.77 bits per heavy atom. The molecule has 0 saturated heterocycles. The van der Waals surface area contributed by atoms with Gasteiger partial charge in [0.25, 0.3) is 0 Å². The summed E-state index contributed by atoms with van der Waals surface area (Å²) < 4.78 is 0. The van der Waals surface area contributed by atoms with Gasteiger partial charge in [-0.1, -0.05) is 25.8 Å². The Labute approximate surface area is 80.3 Å². The van der Waals surface area contributed by atoms with Gasteiger partial charge < -0.3 is 10.6 Å². The van der Waals surface area contributed by atoms with Crippen LogP contribution in [0.4, 0.5) is 0 Å². The molecule has 13 heavy (non-hydrogen) atoms. The fourth-order valence-corrected chi connectivity index (χ4v) is 1.64. The molecule has 0 radical (unpaired) electrons. The first-order valence-electron chi connectivity index (χ1n) is 4.97. The molecular formula is C10H19N3. The van der Waals surface area contributed by atoms with Crippen LogP contribution < -0.4 is 5.73 Å². The smallest absolute Gasteiger partial charge is 0.191 e. The summed E-state index contributed by atoms with van der Waals surface area (Å²) >= 11 is 0. The van der Waals surface area contributed by atoms with Gasteiger partial charge in [-0.3, -0.25) is 4.99 Å². The van der Waals surface area contributed by atoms with Crippen molar-refractivity contribution in [3.8, 4) is 0 Å². The van der Waals surface area contributed by atoms with Crippen LogP contribution in [-0.4, -0.2) is 30.0 Å². The standard InChI is InChI=1S/C10H19N3/c1-3-5-6-9-8-12-10(11)13(9)7-4-2/h4,9H,2-3,5-8H2,1H3,(H2,11,12). The molecule has 0 aliphatic carbocycles. The van der Waals surface area contributed by atoms with Gasteiger partial charge in [-0.2, -0.15) is 0 Å². The Hall–Kier alpha value is -0.990. The number of hydrogen-bond donors (Lipinski definition) is 1. The van der Waals surface area contributed by atoms with E-state index < -0.39 is 0 Å². The maximum Gasteiger partial charge on any atom is 0.191 e. The van der Waals surface area contributed by atoms with Gasteiger partial charge in [-0.05, 0) is 6.42 Å². The van der Waals surface area contributed by atoms with Gasteiger partial charge in [0.1, 0.15) is 0 Å². The van der Waals surface area contributed by atoms with E-state index in [1.807, 2.05) is 6.08 Å². The predicted octanol–water partition coefficient (Wildman–Crippen LogP) is 1.36. The summed E-state index contributed by atoms with van der Waals surface area (Å²) in [6.07, 6.45) is 5.56.